The third kappa shape index (κ3) is 2.38. The minimum atomic E-state index is 0.614. The van der Waals surface area contributed by atoms with E-state index in [0.717, 1.165) is 27.1 Å². The molecule has 22 heavy (non-hydrogen) atoms. The van der Waals surface area contributed by atoms with E-state index in [2.05, 4.69) is 20.3 Å². The normalized spacial score (nSPS) is 11.3. The highest BCUT2D eigenvalue weighted by Gasteiger charge is 2.06. The van der Waals surface area contributed by atoms with Gasteiger partial charge in [-0.2, -0.15) is 0 Å². The highest BCUT2D eigenvalue weighted by molar-refractivity contribution is 7.98. The Bertz CT molecular complexity index is 1020. The maximum Gasteiger partial charge on any atom is 0.136 e. The van der Waals surface area contributed by atoms with Crippen molar-refractivity contribution in [3.05, 3.63) is 53.2 Å². The molecule has 0 aliphatic carbocycles. The molecule has 4 aromatic rings. The van der Waals surface area contributed by atoms with Gasteiger partial charge in [0.25, 0.3) is 0 Å². The Hall–Kier alpha value is -2.25. The van der Waals surface area contributed by atoms with E-state index < -0.39 is 0 Å². The zero-order valence-electron chi connectivity index (χ0n) is 11.4. The van der Waals surface area contributed by atoms with Crippen LogP contribution in [0.3, 0.4) is 0 Å². The molecular weight excluding hydrogens is 314 g/mol. The lowest BCUT2D eigenvalue weighted by Crippen LogP contribution is -1.98. The van der Waals surface area contributed by atoms with Crippen molar-refractivity contribution >= 4 is 46.0 Å². The Morgan fingerprint density at radius 3 is 2.73 bits per heavy atom. The molecule has 0 aliphatic heterocycles. The van der Waals surface area contributed by atoms with Gasteiger partial charge in [-0.25, -0.2) is 9.67 Å². The maximum atomic E-state index is 5.39. The Kier molecular flexibility index (Phi) is 3.36. The second-order valence-electron chi connectivity index (χ2n) is 4.74. The van der Waals surface area contributed by atoms with E-state index in [1.165, 1.54) is 0 Å². The molecule has 0 saturated heterocycles. The largest absolute Gasteiger partial charge is 0.343 e. The summed E-state index contributed by atoms with van der Waals surface area (Å²) in [6, 6.07) is 15.7. The van der Waals surface area contributed by atoms with E-state index in [9.17, 15) is 0 Å². The Balaban J connectivity index is 1.66. The number of thioether (sulfide) groups is 1. The number of hydrogen-bond acceptors (Lipinski definition) is 5. The lowest BCUT2D eigenvalue weighted by atomic mass is 10.3. The molecule has 7 heteroatoms. The van der Waals surface area contributed by atoms with Gasteiger partial charge in [-0.3, -0.25) is 0 Å². The minimum Gasteiger partial charge on any atom is -0.343 e. The lowest BCUT2D eigenvalue weighted by Gasteiger charge is -2.04. The van der Waals surface area contributed by atoms with Crippen LogP contribution >= 0.6 is 24.0 Å². The fraction of sp³-hybridized carbons (Fsp3) is 0.0667. The van der Waals surface area contributed by atoms with Crippen molar-refractivity contribution < 1.29 is 0 Å². The number of rotatable bonds is 3. The number of benzene rings is 2. The summed E-state index contributed by atoms with van der Waals surface area (Å²) in [7, 11) is 0. The van der Waals surface area contributed by atoms with Gasteiger partial charge in [0.05, 0.1) is 22.4 Å². The third-order valence-electron chi connectivity index (χ3n) is 3.31. The Morgan fingerprint density at radius 1 is 1.05 bits per heavy atom. The summed E-state index contributed by atoms with van der Waals surface area (Å²) in [6.45, 7) is 0. The number of H-pyrrole nitrogens is 1. The molecule has 2 aromatic heterocycles. The molecule has 0 saturated carbocycles. The van der Waals surface area contributed by atoms with Gasteiger partial charge in [-0.1, -0.05) is 53.5 Å². The molecular formula is C15H11N5S2. The van der Waals surface area contributed by atoms with Crippen LogP contribution in [-0.2, 0) is 5.88 Å². The van der Waals surface area contributed by atoms with E-state index in [1.807, 2.05) is 53.2 Å². The van der Waals surface area contributed by atoms with Gasteiger partial charge in [0.15, 0.2) is 0 Å². The predicted molar refractivity (Wildman–Crippen MR) is 90.3 cm³/mol. The molecule has 0 spiro atoms. The van der Waals surface area contributed by atoms with Crippen molar-refractivity contribution in [2.24, 2.45) is 0 Å². The number of nitrogens with one attached hydrogen (secondary N) is 1. The first-order valence-corrected chi connectivity index (χ1v) is 8.11. The summed E-state index contributed by atoms with van der Waals surface area (Å²) in [4.78, 5) is 7.83. The van der Waals surface area contributed by atoms with Gasteiger partial charge in [0.2, 0.25) is 0 Å². The average molecular weight is 325 g/mol. The van der Waals surface area contributed by atoms with Gasteiger partial charge in [0.1, 0.15) is 15.2 Å². The highest BCUT2D eigenvalue weighted by atomic mass is 32.2. The molecule has 2 heterocycles. The molecule has 2 aromatic carbocycles. The smallest absolute Gasteiger partial charge is 0.136 e. The van der Waals surface area contributed by atoms with E-state index in [1.54, 1.807) is 11.8 Å². The van der Waals surface area contributed by atoms with Crippen LogP contribution in [0.25, 0.3) is 22.1 Å². The van der Waals surface area contributed by atoms with Crippen molar-refractivity contribution in [2.75, 3.05) is 0 Å². The van der Waals surface area contributed by atoms with Crippen molar-refractivity contribution in [3.63, 3.8) is 0 Å². The van der Waals surface area contributed by atoms with Crippen LogP contribution in [-0.4, -0.2) is 25.0 Å². The van der Waals surface area contributed by atoms with Gasteiger partial charge in [-0.05, 0) is 24.3 Å². The van der Waals surface area contributed by atoms with Crippen LogP contribution in [0.1, 0.15) is 0 Å². The molecule has 0 unspecified atom stereocenters. The third-order valence-corrected chi connectivity index (χ3v) is 4.68. The molecule has 108 valence electrons. The standard InChI is InChI=1S/C15H11N5S2/c21-14-15(17-11-6-2-1-5-10(11)16-14)22-9-20-13-8-4-3-7-12(13)18-19-20/h1-8H,9H2,(H,16,21). The molecule has 0 atom stereocenters. The second-order valence-corrected chi connectivity index (χ2v) is 6.08. The molecule has 0 fully saturated rings. The van der Waals surface area contributed by atoms with Crippen LogP contribution < -0.4 is 0 Å². The number of hydrogen-bond donors (Lipinski definition) is 1. The molecule has 0 aliphatic rings. The topological polar surface area (TPSA) is 59.4 Å². The van der Waals surface area contributed by atoms with E-state index in [4.69, 9.17) is 12.2 Å². The summed E-state index contributed by atoms with van der Waals surface area (Å²) in [5.74, 6) is 0.614. The Labute approximate surface area is 135 Å². The maximum absolute atomic E-state index is 5.39. The summed E-state index contributed by atoms with van der Waals surface area (Å²) >= 11 is 6.93. The molecule has 1 N–H and O–H groups in total. The number of aromatic amines is 1. The van der Waals surface area contributed by atoms with Crippen LogP contribution in [0.2, 0.25) is 0 Å². The molecule has 0 amide bonds. The van der Waals surface area contributed by atoms with Gasteiger partial charge in [-0.15, -0.1) is 5.10 Å². The minimum absolute atomic E-state index is 0.614. The van der Waals surface area contributed by atoms with E-state index >= 15 is 0 Å². The molecule has 5 nitrogen and oxygen atoms in total. The summed E-state index contributed by atoms with van der Waals surface area (Å²) in [5, 5.41) is 9.12. The summed E-state index contributed by atoms with van der Waals surface area (Å²) in [6.07, 6.45) is 0. The van der Waals surface area contributed by atoms with Gasteiger partial charge >= 0.3 is 0 Å². The average Bonchev–Trinajstić information content (AvgIpc) is 2.96. The van der Waals surface area contributed by atoms with Crippen molar-refractivity contribution in [2.45, 2.75) is 10.9 Å². The second kappa shape index (κ2) is 5.51. The fourth-order valence-corrected chi connectivity index (χ4v) is 3.36. The lowest BCUT2D eigenvalue weighted by molar-refractivity contribution is 0.722. The highest BCUT2D eigenvalue weighted by Crippen LogP contribution is 2.22. The first-order valence-electron chi connectivity index (χ1n) is 6.71. The van der Waals surface area contributed by atoms with Crippen molar-refractivity contribution in [1.29, 1.82) is 0 Å². The number of fused-ring (bicyclic) bond motifs is 2. The fourth-order valence-electron chi connectivity index (χ4n) is 2.25. The quantitative estimate of drug-likeness (QED) is 0.459. The Morgan fingerprint density at radius 2 is 1.82 bits per heavy atom. The molecule has 0 radical (unpaired) electrons. The number of aromatic nitrogens is 5. The first-order chi connectivity index (χ1) is 10.8. The van der Waals surface area contributed by atoms with Gasteiger partial charge < -0.3 is 4.98 Å². The van der Waals surface area contributed by atoms with E-state index in [-0.39, 0.29) is 0 Å². The molecule has 0 bridgehead atoms. The first kappa shape index (κ1) is 13.4. The van der Waals surface area contributed by atoms with Crippen molar-refractivity contribution in [3.8, 4) is 0 Å². The van der Waals surface area contributed by atoms with Crippen LogP contribution in [0.4, 0.5) is 0 Å². The van der Waals surface area contributed by atoms with Crippen LogP contribution in [0, 0.1) is 4.64 Å². The van der Waals surface area contributed by atoms with E-state index in [0.29, 0.717) is 10.5 Å². The number of para-hydroxylation sites is 3. The monoisotopic (exact) mass is 325 g/mol. The number of nitrogens with zero attached hydrogens (tertiary/aromatic N) is 4. The summed E-state index contributed by atoms with van der Waals surface area (Å²) < 4.78 is 2.50. The predicted octanol–water partition coefficient (Wildman–Crippen LogP) is 3.79. The zero-order valence-corrected chi connectivity index (χ0v) is 13.1. The SMILES string of the molecule is S=c1[nH]c2ccccc2nc1SCn1nnc2ccccc21. The molecule has 4 rings (SSSR count). The summed E-state index contributed by atoms with van der Waals surface area (Å²) in [5.41, 5.74) is 3.75. The van der Waals surface area contributed by atoms with Gasteiger partial charge in [0, 0.05) is 0 Å². The van der Waals surface area contributed by atoms with Crippen molar-refractivity contribution in [1.82, 2.24) is 25.0 Å². The zero-order chi connectivity index (χ0) is 14.9. The van der Waals surface area contributed by atoms with Crippen LogP contribution in [0.15, 0.2) is 53.6 Å². The van der Waals surface area contributed by atoms with Crippen LogP contribution in [0.5, 0.6) is 0 Å².